The number of phenols is 1. The maximum absolute atomic E-state index is 11.8. The van der Waals surface area contributed by atoms with Crippen molar-refractivity contribution in [1.29, 1.82) is 0 Å². The highest BCUT2D eigenvalue weighted by atomic mass is 16.3. The van der Waals surface area contributed by atoms with Gasteiger partial charge in [0.15, 0.2) is 0 Å². The summed E-state index contributed by atoms with van der Waals surface area (Å²) < 4.78 is 0. The number of aliphatic hydroxyl groups is 1. The van der Waals surface area contributed by atoms with E-state index in [9.17, 15) is 10.2 Å². The van der Waals surface area contributed by atoms with Gasteiger partial charge in [-0.25, -0.2) is 0 Å². The van der Waals surface area contributed by atoms with E-state index in [1.54, 1.807) is 0 Å². The van der Waals surface area contributed by atoms with Gasteiger partial charge in [-0.05, 0) is 39.2 Å². The lowest BCUT2D eigenvalue weighted by molar-refractivity contribution is 0.0257. The summed E-state index contributed by atoms with van der Waals surface area (Å²) in [7, 11) is 0. The minimum Gasteiger partial charge on any atom is -0.507 e. The minimum atomic E-state index is -0.354. The quantitative estimate of drug-likeness (QED) is 0.486. The highest BCUT2D eigenvalue weighted by Gasteiger charge is 2.56. The lowest BCUT2D eigenvalue weighted by atomic mass is 9.46. The van der Waals surface area contributed by atoms with Crippen LogP contribution in [0.4, 0.5) is 0 Å². The fourth-order valence-corrected chi connectivity index (χ4v) is 5.65. The molecule has 0 unspecified atom stereocenters. The third-order valence-corrected chi connectivity index (χ3v) is 7.01. The Morgan fingerprint density at radius 2 is 1.23 bits per heavy atom. The largest absolute Gasteiger partial charge is 0.507 e. The highest BCUT2D eigenvalue weighted by molar-refractivity contribution is 5.82. The standard InChI is InChI=1S/C28H44O2/c1-24(2,3)19-15-13-14-18(22(19)29)21-23(30)20(25(4,5)6)16-17-28(21,26(7,8)9)27(10,11)12/h13-16,29-30H,17H2,1-12H3. The second-order valence-electron chi connectivity index (χ2n) is 13.2. The fourth-order valence-electron chi connectivity index (χ4n) is 5.65. The first-order valence-corrected chi connectivity index (χ1v) is 11.2. The second-order valence-corrected chi connectivity index (χ2v) is 13.2. The zero-order chi connectivity index (χ0) is 23.5. The predicted molar refractivity (Wildman–Crippen MR) is 130 cm³/mol. The van der Waals surface area contributed by atoms with Crippen molar-refractivity contribution in [3.05, 3.63) is 46.7 Å². The summed E-state index contributed by atoms with van der Waals surface area (Å²) in [6.07, 6.45) is 3.06. The second kappa shape index (κ2) is 7.18. The van der Waals surface area contributed by atoms with Crippen molar-refractivity contribution >= 4 is 5.57 Å². The van der Waals surface area contributed by atoms with Crippen molar-refractivity contribution in [1.82, 2.24) is 0 Å². The van der Waals surface area contributed by atoms with Crippen LogP contribution in [0.3, 0.4) is 0 Å². The molecule has 1 aromatic rings. The first-order chi connectivity index (χ1) is 13.3. The number of benzene rings is 1. The van der Waals surface area contributed by atoms with Gasteiger partial charge in [-0.15, -0.1) is 0 Å². The molecule has 0 saturated carbocycles. The Kier molecular flexibility index (Phi) is 5.88. The molecule has 0 saturated heterocycles. The summed E-state index contributed by atoms with van der Waals surface area (Å²) in [6, 6.07) is 5.99. The molecule has 2 N–H and O–H groups in total. The summed E-state index contributed by atoms with van der Waals surface area (Å²) in [6.45, 7) is 26.3. The van der Waals surface area contributed by atoms with Gasteiger partial charge in [0.05, 0.1) is 0 Å². The molecule has 2 heteroatoms. The van der Waals surface area contributed by atoms with Crippen LogP contribution in [-0.2, 0) is 5.41 Å². The van der Waals surface area contributed by atoms with Gasteiger partial charge in [0.1, 0.15) is 11.5 Å². The van der Waals surface area contributed by atoms with Crippen molar-refractivity contribution in [3.63, 3.8) is 0 Å². The van der Waals surface area contributed by atoms with Crippen molar-refractivity contribution in [3.8, 4) is 5.75 Å². The molecular formula is C28H44O2. The number of rotatable bonds is 1. The molecule has 0 aromatic heterocycles. The Balaban J connectivity index is 3.05. The topological polar surface area (TPSA) is 40.5 Å². The number of phenolic OH excluding ortho intramolecular Hbond substituents is 1. The lowest BCUT2D eigenvalue weighted by Crippen LogP contribution is -2.49. The maximum atomic E-state index is 11.8. The van der Waals surface area contributed by atoms with Crippen LogP contribution in [0.1, 0.15) is 101 Å². The van der Waals surface area contributed by atoms with E-state index in [0.717, 1.165) is 28.7 Å². The number of aromatic hydroxyl groups is 1. The van der Waals surface area contributed by atoms with Crippen LogP contribution in [-0.4, -0.2) is 10.2 Å². The van der Waals surface area contributed by atoms with Crippen LogP contribution in [0.25, 0.3) is 5.57 Å². The number of para-hydroxylation sites is 1. The molecule has 1 aliphatic rings. The van der Waals surface area contributed by atoms with Crippen molar-refractivity contribution in [2.45, 2.75) is 94.9 Å². The molecule has 0 aliphatic heterocycles. The van der Waals surface area contributed by atoms with Gasteiger partial charge in [-0.3, -0.25) is 0 Å². The van der Waals surface area contributed by atoms with Gasteiger partial charge in [-0.2, -0.15) is 0 Å². The van der Waals surface area contributed by atoms with Crippen LogP contribution >= 0.6 is 0 Å². The first-order valence-electron chi connectivity index (χ1n) is 11.2. The van der Waals surface area contributed by atoms with E-state index in [-0.39, 0.29) is 27.1 Å². The highest BCUT2D eigenvalue weighted by Crippen LogP contribution is 2.65. The summed E-state index contributed by atoms with van der Waals surface area (Å²) in [4.78, 5) is 0. The Hall–Kier alpha value is -1.70. The maximum Gasteiger partial charge on any atom is 0.126 e. The summed E-state index contributed by atoms with van der Waals surface area (Å²) in [5.41, 5.74) is 2.50. The summed E-state index contributed by atoms with van der Waals surface area (Å²) >= 11 is 0. The smallest absolute Gasteiger partial charge is 0.126 e. The van der Waals surface area contributed by atoms with Crippen LogP contribution in [0.15, 0.2) is 35.6 Å². The normalized spacial score (nSPS) is 18.5. The van der Waals surface area contributed by atoms with Crippen LogP contribution < -0.4 is 0 Å². The Bertz CT molecular complexity index is 855. The molecule has 2 rings (SSSR count). The minimum absolute atomic E-state index is 0.140. The van der Waals surface area contributed by atoms with Crippen molar-refractivity contribution < 1.29 is 10.2 Å². The first kappa shape index (κ1) is 24.6. The van der Waals surface area contributed by atoms with Gasteiger partial charge < -0.3 is 10.2 Å². The van der Waals surface area contributed by atoms with Crippen LogP contribution in [0, 0.1) is 21.7 Å². The number of hydrogen-bond donors (Lipinski definition) is 2. The van der Waals surface area contributed by atoms with Crippen LogP contribution in [0.2, 0.25) is 0 Å². The molecule has 1 aliphatic carbocycles. The van der Waals surface area contributed by atoms with Gasteiger partial charge in [0.25, 0.3) is 0 Å². The zero-order valence-corrected chi connectivity index (χ0v) is 21.4. The SMILES string of the molecule is CC(C)(C)C1=CCC(C(C)(C)C)(C(C)(C)C)C(c2cccc(C(C)(C)C)c2O)=C1O. The zero-order valence-electron chi connectivity index (χ0n) is 21.4. The average Bonchev–Trinajstić information content (AvgIpc) is 2.50. The van der Waals surface area contributed by atoms with E-state index < -0.39 is 0 Å². The van der Waals surface area contributed by atoms with Gasteiger partial charge in [0.2, 0.25) is 0 Å². The molecule has 30 heavy (non-hydrogen) atoms. The van der Waals surface area contributed by atoms with E-state index >= 15 is 0 Å². The summed E-state index contributed by atoms with van der Waals surface area (Å²) in [5.74, 6) is 0.625. The van der Waals surface area contributed by atoms with E-state index in [1.165, 1.54) is 0 Å². The fraction of sp³-hybridized carbons (Fsp3) is 0.643. The molecule has 0 heterocycles. The summed E-state index contributed by atoms with van der Waals surface area (Å²) in [5, 5.41) is 23.3. The third-order valence-electron chi connectivity index (χ3n) is 7.01. The Morgan fingerprint density at radius 1 is 0.733 bits per heavy atom. The Labute approximate surface area is 185 Å². The molecule has 2 nitrogen and oxygen atoms in total. The molecule has 168 valence electrons. The van der Waals surface area contributed by atoms with E-state index in [2.05, 4.69) is 89.2 Å². The van der Waals surface area contributed by atoms with Gasteiger partial charge >= 0.3 is 0 Å². The average molecular weight is 413 g/mol. The lowest BCUT2D eigenvalue weighted by Gasteiger charge is -2.57. The van der Waals surface area contributed by atoms with Gasteiger partial charge in [-0.1, -0.05) is 107 Å². The molecule has 0 fully saturated rings. The molecule has 0 amide bonds. The number of aliphatic hydroxyl groups excluding tert-OH is 1. The number of hydrogen-bond acceptors (Lipinski definition) is 2. The van der Waals surface area contributed by atoms with Crippen LogP contribution in [0.5, 0.6) is 5.75 Å². The molecule has 0 bridgehead atoms. The van der Waals surface area contributed by atoms with E-state index in [1.807, 2.05) is 18.2 Å². The van der Waals surface area contributed by atoms with E-state index in [0.29, 0.717) is 11.5 Å². The molecule has 0 spiro atoms. The Morgan fingerprint density at radius 3 is 1.63 bits per heavy atom. The molecule has 0 radical (unpaired) electrons. The molecule has 1 aromatic carbocycles. The van der Waals surface area contributed by atoms with Gasteiger partial charge in [0, 0.05) is 16.6 Å². The molecule has 0 atom stereocenters. The predicted octanol–water partition coefficient (Wildman–Crippen LogP) is 8.41. The van der Waals surface area contributed by atoms with Crippen molar-refractivity contribution in [2.24, 2.45) is 21.7 Å². The number of allylic oxidation sites excluding steroid dienone is 3. The third kappa shape index (κ3) is 3.83. The van der Waals surface area contributed by atoms with Crippen molar-refractivity contribution in [2.75, 3.05) is 0 Å². The molecular weight excluding hydrogens is 368 g/mol. The monoisotopic (exact) mass is 412 g/mol. The van der Waals surface area contributed by atoms with E-state index in [4.69, 9.17) is 0 Å².